The maximum atomic E-state index is 11.5. The van der Waals surface area contributed by atoms with Crippen molar-refractivity contribution < 1.29 is 4.79 Å². The summed E-state index contributed by atoms with van der Waals surface area (Å²) >= 11 is 11.5. The largest absolute Gasteiger partial charge is 0.398 e. The van der Waals surface area contributed by atoms with Crippen LogP contribution in [0, 0.1) is 0 Å². The van der Waals surface area contributed by atoms with E-state index in [-0.39, 0.29) is 22.2 Å². The van der Waals surface area contributed by atoms with Crippen LogP contribution in [-0.2, 0) is 0 Å². The van der Waals surface area contributed by atoms with E-state index in [0.29, 0.717) is 11.6 Å². The number of halogens is 2. The molecule has 0 unspecified atom stereocenters. The normalized spacial score (nSPS) is 9.93. The highest BCUT2D eigenvalue weighted by Gasteiger charge is 2.13. The fraction of sp³-hybridized carbons (Fsp3) is 0.222. The Morgan fingerprint density at radius 2 is 2.14 bits per heavy atom. The van der Waals surface area contributed by atoms with E-state index in [1.54, 1.807) is 0 Å². The van der Waals surface area contributed by atoms with E-state index in [1.165, 1.54) is 12.1 Å². The number of benzene rings is 1. The molecule has 0 heterocycles. The first-order valence-corrected chi connectivity index (χ1v) is 4.84. The second-order valence-electron chi connectivity index (χ2n) is 2.71. The summed E-state index contributed by atoms with van der Waals surface area (Å²) in [6, 6.07) is 2.99. The van der Waals surface area contributed by atoms with Crippen LogP contribution >= 0.6 is 23.2 Å². The molecule has 14 heavy (non-hydrogen) atoms. The third-order valence-corrected chi connectivity index (χ3v) is 2.17. The molecule has 0 radical (unpaired) electrons. The SMILES string of the molecule is CCNC(=O)c1c(N)cc(Cl)cc1Cl. The van der Waals surface area contributed by atoms with E-state index in [0.717, 1.165) is 0 Å². The van der Waals surface area contributed by atoms with Gasteiger partial charge in [0.15, 0.2) is 0 Å². The lowest BCUT2D eigenvalue weighted by Gasteiger charge is -2.08. The second-order valence-corrected chi connectivity index (χ2v) is 3.55. The number of carbonyl (C=O) groups is 1. The molecular weight excluding hydrogens is 223 g/mol. The maximum absolute atomic E-state index is 11.5. The Labute approximate surface area is 92.2 Å². The van der Waals surface area contributed by atoms with Gasteiger partial charge in [-0.1, -0.05) is 23.2 Å². The highest BCUT2D eigenvalue weighted by atomic mass is 35.5. The first-order chi connectivity index (χ1) is 6.56. The van der Waals surface area contributed by atoms with Gasteiger partial charge in [-0.2, -0.15) is 0 Å². The Bertz CT molecular complexity index is 343. The minimum absolute atomic E-state index is 0.265. The van der Waals surface area contributed by atoms with Crippen molar-refractivity contribution in [2.45, 2.75) is 6.92 Å². The highest BCUT2D eigenvalue weighted by Crippen LogP contribution is 2.26. The van der Waals surface area contributed by atoms with E-state index in [1.807, 2.05) is 6.92 Å². The second kappa shape index (κ2) is 4.53. The molecule has 0 aliphatic carbocycles. The Balaban J connectivity index is 3.14. The lowest BCUT2D eigenvalue weighted by Crippen LogP contribution is -2.24. The van der Waals surface area contributed by atoms with Crippen LogP contribution in [0.4, 0.5) is 5.69 Å². The van der Waals surface area contributed by atoms with E-state index in [2.05, 4.69) is 5.32 Å². The quantitative estimate of drug-likeness (QED) is 0.770. The van der Waals surface area contributed by atoms with E-state index < -0.39 is 0 Å². The third kappa shape index (κ3) is 2.30. The van der Waals surface area contributed by atoms with Gasteiger partial charge < -0.3 is 11.1 Å². The van der Waals surface area contributed by atoms with E-state index in [4.69, 9.17) is 28.9 Å². The molecule has 0 spiro atoms. The van der Waals surface area contributed by atoms with Crippen molar-refractivity contribution in [1.82, 2.24) is 5.32 Å². The third-order valence-electron chi connectivity index (χ3n) is 1.65. The molecule has 0 fully saturated rings. The summed E-state index contributed by atoms with van der Waals surface area (Å²) in [5.41, 5.74) is 6.19. The van der Waals surface area contributed by atoms with Gasteiger partial charge in [0.05, 0.1) is 10.6 Å². The predicted molar refractivity (Wildman–Crippen MR) is 58.9 cm³/mol. The molecule has 5 heteroatoms. The molecule has 3 nitrogen and oxygen atoms in total. The van der Waals surface area contributed by atoms with Crippen LogP contribution in [0.15, 0.2) is 12.1 Å². The first kappa shape index (κ1) is 11.1. The predicted octanol–water partition coefficient (Wildman–Crippen LogP) is 2.33. The molecule has 1 aromatic carbocycles. The summed E-state index contributed by atoms with van der Waals surface area (Å²) in [5.74, 6) is -0.285. The Morgan fingerprint density at radius 1 is 1.50 bits per heavy atom. The molecule has 3 N–H and O–H groups in total. The number of carbonyl (C=O) groups excluding carboxylic acids is 1. The van der Waals surface area contributed by atoms with Crippen molar-refractivity contribution in [1.29, 1.82) is 0 Å². The van der Waals surface area contributed by atoms with Crippen LogP contribution < -0.4 is 11.1 Å². The zero-order chi connectivity index (χ0) is 10.7. The Hall–Kier alpha value is -0.930. The Morgan fingerprint density at radius 3 is 2.64 bits per heavy atom. The number of nitrogen functional groups attached to an aromatic ring is 1. The topological polar surface area (TPSA) is 55.1 Å². The van der Waals surface area contributed by atoms with Crippen molar-refractivity contribution in [3.8, 4) is 0 Å². The fourth-order valence-corrected chi connectivity index (χ4v) is 1.68. The number of nitrogens with two attached hydrogens (primary N) is 1. The van der Waals surface area contributed by atoms with E-state index >= 15 is 0 Å². The average Bonchev–Trinajstić information content (AvgIpc) is 2.01. The highest BCUT2D eigenvalue weighted by molar-refractivity contribution is 6.37. The van der Waals surface area contributed by atoms with Crippen LogP contribution in [0.1, 0.15) is 17.3 Å². The van der Waals surface area contributed by atoms with E-state index in [9.17, 15) is 4.79 Å². The van der Waals surface area contributed by atoms with Gasteiger partial charge in [-0.15, -0.1) is 0 Å². The maximum Gasteiger partial charge on any atom is 0.254 e. The van der Waals surface area contributed by atoms with Crippen molar-refractivity contribution >= 4 is 34.8 Å². The zero-order valence-electron chi connectivity index (χ0n) is 7.60. The summed E-state index contributed by atoms with van der Waals surface area (Å²) < 4.78 is 0. The average molecular weight is 233 g/mol. The Kier molecular flexibility index (Phi) is 3.61. The summed E-state index contributed by atoms with van der Waals surface area (Å²) in [7, 11) is 0. The van der Waals surface area contributed by atoms with Crippen LogP contribution in [0.2, 0.25) is 10.0 Å². The van der Waals surface area contributed by atoms with Gasteiger partial charge in [0.25, 0.3) is 5.91 Å². The number of nitrogens with one attached hydrogen (secondary N) is 1. The van der Waals surface area contributed by atoms with Crippen LogP contribution in [0.25, 0.3) is 0 Å². The van der Waals surface area contributed by atoms with Gasteiger partial charge in [0, 0.05) is 17.3 Å². The molecule has 1 amide bonds. The minimum Gasteiger partial charge on any atom is -0.398 e. The van der Waals surface area contributed by atoms with Gasteiger partial charge in [-0.3, -0.25) is 4.79 Å². The van der Waals surface area contributed by atoms with Crippen LogP contribution in [0.3, 0.4) is 0 Å². The molecule has 1 aromatic rings. The van der Waals surface area contributed by atoms with Gasteiger partial charge in [0.1, 0.15) is 0 Å². The molecular formula is C9H10Cl2N2O. The standard InChI is InChI=1S/C9H10Cl2N2O/c1-2-13-9(14)8-6(11)3-5(10)4-7(8)12/h3-4H,2,12H2,1H3,(H,13,14). The molecule has 0 saturated carbocycles. The molecule has 0 saturated heterocycles. The van der Waals surface area contributed by atoms with Gasteiger partial charge in [-0.25, -0.2) is 0 Å². The van der Waals surface area contributed by atoms with Crippen LogP contribution in [0.5, 0.6) is 0 Å². The minimum atomic E-state index is -0.285. The van der Waals surface area contributed by atoms with Crippen molar-refractivity contribution in [2.75, 3.05) is 12.3 Å². The van der Waals surface area contributed by atoms with Crippen molar-refractivity contribution in [2.24, 2.45) is 0 Å². The monoisotopic (exact) mass is 232 g/mol. The number of rotatable bonds is 2. The molecule has 0 aromatic heterocycles. The van der Waals surface area contributed by atoms with Gasteiger partial charge in [-0.05, 0) is 19.1 Å². The first-order valence-electron chi connectivity index (χ1n) is 4.09. The summed E-state index contributed by atoms with van der Waals surface area (Å²) in [5, 5.41) is 3.30. The number of amides is 1. The number of anilines is 1. The smallest absolute Gasteiger partial charge is 0.254 e. The lowest BCUT2D eigenvalue weighted by molar-refractivity contribution is 0.0957. The summed E-state index contributed by atoms with van der Waals surface area (Å²) in [6.45, 7) is 2.34. The molecule has 0 aliphatic heterocycles. The fourth-order valence-electron chi connectivity index (χ4n) is 1.08. The van der Waals surface area contributed by atoms with Crippen molar-refractivity contribution in [3.63, 3.8) is 0 Å². The molecule has 0 aliphatic rings. The van der Waals surface area contributed by atoms with Crippen LogP contribution in [-0.4, -0.2) is 12.5 Å². The van der Waals surface area contributed by atoms with Crippen molar-refractivity contribution in [3.05, 3.63) is 27.7 Å². The number of hydrogen-bond donors (Lipinski definition) is 2. The number of hydrogen-bond acceptors (Lipinski definition) is 2. The molecule has 1 rings (SSSR count). The van der Waals surface area contributed by atoms with Gasteiger partial charge in [0.2, 0.25) is 0 Å². The zero-order valence-corrected chi connectivity index (χ0v) is 9.12. The molecule has 0 atom stereocenters. The molecule has 0 bridgehead atoms. The lowest BCUT2D eigenvalue weighted by atomic mass is 10.1. The summed E-state index contributed by atoms with van der Waals surface area (Å²) in [6.07, 6.45) is 0. The summed E-state index contributed by atoms with van der Waals surface area (Å²) in [4.78, 5) is 11.5. The van der Waals surface area contributed by atoms with Gasteiger partial charge >= 0.3 is 0 Å². The molecule has 76 valence electrons.